The summed E-state index contributed by atoms with van der Waals surface area (Å²) in [5.41, 5.74) is 5.55. The maximum Gasteiger partial charge on any atom is 0.409 e. The molecule has 1 heterocycles. The van der Waals surface area contributed by atoms with Crippen molar-refractivity contribution in [2.24, 2.45) is 5.73 Å². The first-order valence-electron chi connectivity index (χ1n) is 6.63. The SMILES string of the molecule is CCOC(=O)C(N)C(=O)N1CCN(C(=O)OCC)CC1. The summed E-state index contributed by atoms with van der Waals surface area (Å²) in [6.07, 6.45) is -0.394. The number of carbonyl (C=O) groups is 3. The Hall–Kier alpha value is -1.83. The van der Waals surface area contributed by atoms with Crippen LogP contribution in [-0.4, -0.2) is 73.2 Å². The standard InChI is InChI=1S/C12H21N3O5/c1-3-19-11(17)9(13)10(16)14-5-7-15(8-6-14)12(18)20-4-2/h9H,3-8,13H2,1-2H3. The Bertz CT molecular complexity index is 366. The Morgan fingerprint density at radius 1 is 1.00 bits per heavy atom. The second kappa shape index (κ2) is 7.68. The van der Waals surface area contributed by atoms with Gasteiger partial charge in [0.05, 0.1) is 13.2 Å². The number of nitrogens with zero attached hydrogens (tertiary/aromatic N) is 2. The first-order chi connectivity index (χ1) is 9.51. The van der Waals surface area contributed by atoms with Gasteiger partial charge in [0.1, 0.15) is 0 Å². The van der Waals surface area contributed by atoms with Crippen molar-refractivity contribution in [2.45, 2.75) is 19.9 Å². The first-order valence-corrected chi connectivity index (χ1v) is 6.63. The zero-order chi connectivity index (χ0) is 15.1. The Kier molecular flexibility index (Phi) is 6.23. The second-order valence-electron chi connectivity index (χ2n) is 4.24. The van der Waals surface area contributed by atoms with Crippen molar-refractivity contribution in [3.8, 4) is 0 Å². The molecule has 1 unspecified atom stereocenters. The molecule has 8 heteroatoms. The summed E-state index contributed by atoms with van der Waals surface area (Å²) in [6, 6.07) is -1.30. The summed E-state index contributed by atoms with van der Waals surface area (Å²) >= 11 is 0. The largest absolute Gasteiger partial charge is 0.464 e. The number of esters is 1. The fraction of sp³-hybridized carbons (Fsp3) is 0.750. The van der Waals surface area contributed by atoms with E-state index >= 15 is 0 Å². The van der Waals surface area contributed by atoms with Crippen LogP contribution in [0.5, 0.6) is 0 Å². The van der Waals surface area contributed by atoms with E-state index in [-0.39, 0.29) is 6.61 Å². The van der Waals surface area contributed by atoms with E-state index in [1.807, 2.05) is 0 Å². The fourth-order valence-electron chi connectivity index (χ4n) is 1.85. The van der Waals surface area contributed by atoms with Gasteiger partial charge in [0.2, 0.25) is 0 Å². The molecule has 0 aliphatic carbocycles. The van der Waals surface area contributed by atoms with E-state index in [2.05, 4.69) is 0 Å². The van der Waals surface area contributed by atoms with Crippen LogP contribution < -0.4 is 5.73 Å². The lowest BCUT2D eigenvalue weighted by Crippen LogP contribution is -2.56. The molecule has 1 aliphatic rings. The van der Waals surface area contributed by atoms with Gasteiger partial charge in [-0.15, -0.1) is 0 Å². The van der Waals surface area contributed by atoms with Crippen molar-refractivity contribution in [2.75, 3.05) is 39.4 Å². The molecule has 2 N–H and O–H groups in total. The van der Waals surface area contributed by atoms with E-state index in [4.69, 9.17) is 15.2 Å². The highest BCUT2D eigenvalue weighted by atomic mass is 16.6. The minimum Gasteiger partial charge on any atom is -0.464 e. The molecule has 1 rings (SSSR count). The number of hydrogen-bond acceptors (Lipinski definition) is 6. The summed E-state index contributed by atoms with van der Waals surface area (Å²) in [6.45, 7) is 5.24. The molecule has 0 aromatic heterocycles. The predicted molar refractivity (Wildman–Crippen MR) is 69.8 cm³/mol. The van der Waals surface area contributed by atoms with Gasteiger partial charge in [-0.1, -0.05) is 0 Å². The summed E-state index contributed by atoms with van der Waals surface area (Å²) in [7, 11) is 0. The van der Waals surface area contributed by atoms with Crippen LogP contribution in [0.25, 0.3) is 0 Å². The van der Waals surface area contributed by atoms with Crippen molar-refractivity contribution < 1.29 is 23.9 Å². The van der Waals surface area contributed by atoms with Crippen molar-refractivity contribution in [1.29, 1.82) is 0 Å². The van der Waals surface area contributed by atoms with Crippen LogP contribution in [0.3, 0.4) is 0 Å². The van der Waals surface area contributed by atoms with Crippen LogP contribution in [0.1, 0.15) is 13.8 Å². The van der Waals surface area contributed by atoms with Crippen molar-refractivity contribution in [3.05, 3.63) is 0 Å². The van der Waals surface area contributed by atoms with Gasteiger partial charge in [-0.3, -0.25) is 4.79 Å². The van der Waals surface area contributed by atoms with Gasteiger partial charge in [-0.05, 0) is 13.8 Å². The smallest absolute Gasteiger partial charge is 0.409 e. The fourth-order valence-corrected chi connectivity index (χ4v) is 1.85. The molecule has 0 radical (unpaired) electrons. The number of piperazine rings is 1. The average Bonchev–Trinajstić information content (AvgIpc) is 2.46. The van der Waals surface area contributed by atoms with Gasteiger partial charge >= 0.3 is 12.1 Å². The van der Waals surface area contributed by atoms with Crippen LogP contribution in [0.4, 0.5) is 4.79 Å². The lowest BCUT2D eigenvalue weighted by Gasteiger charge is -2.34. The molecule has 20 heavy (non-hydrogen) atoms. The minimum atomic E-state index is -1.30. The minimum absolute atomic E-state index is 0.177. The van der Waals surface area contributed by atoms with Crippen LogP contribution in [-0.2, 0) is 19.1 Å². The molecular formula is C12H21N3O5. The van der Waals surface area contributed by atoms with E-state index in [1.165, 1.54) is 9.80 Å². The maximum absolute atomic E-state index is 12.0. The predicted octanol–water partition coefficient (Wildman–Crippen LogP) is -0.822. The third-order valence-corrected chi connectivity index (χ3v) is 2.92. The highest BCUT2D eigenvalue weighted by Gasteiger charge is 2.31. The normalized spacial score (nSPS) is 16.6. The quantitative estimate of drug-likeness (QED) is 0.535. The Morgan fingerprint density at radius 3 is 2.00 bits per heavy atom. The second-order valence-corrected chi connectivity index (χ2v) is 4.24. The lowest BCUT2D eigenvalue weighted by molar-refractivity contribution is -0.151. The van der Waals surface area contributed by atoms with Crippen molar-refractivity contribution in [3.63, 3.8) is 0 Å². The number of nitrogens with two attached hydrogens (primary N) is 1. The molecule has 0 aromatic rings. The third-order valence-electron chi connectivity index (χ3n) is 2.92. The first kappa shape index (κ1) is 16.2. The van der Waals surface area contributed by atoms with Crippen LogP contribution in [0, 0.1) is 0 Å². The number of carbonyl (C=O) groups excluding carboxylic acids is 3. The van der Waals surface area contributed by atoms with Crippen molar-refractivity contribution in [1.82, 2.24) is 9.80 Å². The summed E-state index contributed by atoms with van der Waals surface area (Å²) < 4.78 is 9.59. The zero-order valence-electron chi connectivity index (χ0n) is 11.8. The van der Waals surface area contributed by atoms with Crippen LogP contribution >= 0.6 is 0 Å². The molecule has 1 atom stereocenters. The zero-order valence-corrected chi connectivity index (χ0v) is 11.8. The Labute approximate surface area is 117 Å². The highest BCUT2D eigenvalue weighted by molar-refractivity contribution is 6.01. The molecule has 1 fully saturated rings. The molecule has 0 aromatic carbocycles. The lowest BCUT2D eigenvalue weighted by atomic mass is 10.2. The number of rotatable bonds is 4. The highest BCUT2D eigenvalue weighted by Crippen LogP contribution is 2.06. The van der Waals surface area contributed by atoms with E-state index in [0.29, 0.717) is 32.8 Å². The van der Waals surface area contributed by atoms with Gasteiger partial charge in [-0.25, -0.2) is 9.59 Å². The number of hydrogen-bond donors (Lipinski definition) is 1. The third kappa shape index (κ3) is 4.09. The van der Waals surface area contributed by atoms with E-state index < -0.39 is 24.0 Å². The van der Waals surface area contributed by atoms with Gasteiger partial charge in [0.15, 0.2) is 6.04 Å². The van der Waals surface area contributed by atoms with E-state index in [1.54, 1.807) is 13.8 Å². The molecule has 1 saturated heterocycles. The molecule has 1 aliphatic heterocycles. The summed E-state index contributed by atoms with van der Waals surface area (Å²) in [5.74, 6) is -1.21. The molecule has 0 bridgehead atoms. The molecule has 2 amide bonds. The molecule has 0 spiro atoms. The van der Waals surface area contributed by atoms with Gasteiger partial charge in [-0.2, -0.15) is 0 Å². The molecule has 0 saturated carbocycles. The number of amides is 2. The van der Waals surface area contributed by atoms with E-state index in [0.717, 1.165) is 0 Å². The van der Waals surface area contributed by atoms with Gasteiger partial charge in [0, 0.05) is 26.2 Å². The van der Waals surface area contributed by atoms with Crippen molar-refractivity contribution >= 4 is 18.0 Å². The Morgan fingerprint density at radius 2 is 1.50 bits per heavy atom. The number of ether oxygens (including phenoxy) is 2. The topological polar surface area (TPSA) is 102 Å². The summed E-state index contributed by atoms with van der Waals surface area (Å²) in [5, 5.41) is 0. The van der Waals surface area contributed by atoms with Crippen LogP contribution in [0.15, 0.2) is 0 Å². The summed E-state index contributed by atoms with van der Waals surface area (Å²) in [4.78, 5) is 37.9. The Balaban J connectivity index is 2.46. The van der Waals surface area contributed by atoms with Gasteiger partial charge < -0.3 is 25.0 Å². The average molecular weight is 287 g/mol. The maximum atomic E-state index is 12.0. The molecule has 114 valence electrons. The van der Waals surface area contributed by atoms with E-state index in [9.17, 15) is 14.4 Å². The van der Waals surface area contributed by atoms with Crippen LogP contribution in [0.2, 0.25) is 0 Å². The monoisotopic (exact) mass is 287 g/mol. The van der Waals surface area contributed by atoms with Gasteiger partial charge in [0.25, 0.3) is 5.91 Å². The molecule has 8 nitrogen and oxygen atoms in total. The molecular weight excluding hydrogens is 266 g/mol.